The van der Waals surface area contributed by atoms with Gasteiger partial charge in [-0.05, 0) is 30.0 Å². The number of hydrogen-bond acceptors (Lipinski definition) is 5. The van der Waals surface area contributed by atoms with E-state index in [0.29, 0.717) is 9.76 Å². The van der Waals surface area contributed by atoms with Crippen molar-refractivity contribution in [3.8, 4) is 0 Å². The molecule has 0 radical (unpaired) electrons. The Kier molecular flexibility index (Phi) is 5.94. The Morgan fingerprint density at radius 2 is 1.92 bits per heavy atom. The minimum absolute atomic E-state index is 0.0597. The molecule has 0 bridgehead atoms. The fourth-order valence-corrected chi connectivity index (χ4v) is 3.66. The molecule has 0 aliphatic rings. The number of rotatable bonds is 5. The van der Waals surface area contributed by atoms with E-state index < -0.39 is 15.9 Å². The van der Waals surface area contributed by atoms with Gasteiger partial charge in [0.25, 0.3) is 5.03 Å². The van der Waals surface area contributed by atoms with Crippen molar-refractivity contribution in [2.45, 2.75) is 9.92 Å². The molecule has 0 spiro atoms. The summed E-state index contributed by atoms with van der Waals surface area (Å²) in [4.78, 5) is 11.7. The van der Waals surface area contributed by atoms with Crippen molar-refractivity contribution in [3.05, 3.63) is 51.8 Å². The molecule has 128 valence electrons. The second-order valence-electron chi connectivity index (χ2n) is 4.51. The monoisotopic (exact) mass is 407 g/mol. The van der Waals surface area contributed by atoms with Crippen LogP contribution < -0.4 is 15.2 Å². The van der Waals surface area contributed by atoms with Crippen LogP contribution in [0.4, 0.5) is 5.69 Å². The van der Waals surface area contributed by atoms with Crippen LogP contribution in [0.5, 0.6) is 0 Å². The zero-order valence-corrected chi connectivity index (χ0v) is 15.0. The number of carbonyl (C=O) groups is 1. The summed E-state index contributed by atoms with van der Waals surface area (Å²) in [5, 5.41) is 19.2. The molecule has 1 aromatic carbocycles. The lowest BCUT2D eigenvalue weighted by atomic mass is 10.3. The van der Waals surface area contributed by atoms with Crippen LogP contribution in [0.2, 0.25) is 10.0 Å². The van der Waals surface area contributed by atoms with Gasteiger partial charge in [-0.15, -0.1) is 0 Å². The van der Waals surface area contributed by atoms with E-state index >= 15 is 0 Å². The number of halogens is 2. The maximum absolute atomic E-state index is 12.0. The van der Waals surface area contributed by atoms with E-state index in [-0.39, 0.29) is 26.4 Å². The van der Waals surface area contributed by atoms with E-state index in [1.807, 2.05) is 0 Å². The number of amides is 1. The second-order valence-corrected chi connectivity index (χ2v) is 7.88. The third-order valence-electron chi connectivity index (χ3n) is 2.75. The topological polar surface area (TPSA) is 116 Å². The zero-order chi connectivity index (χ0) is 17.9. The fourth-order valence-electron chi connectivity index (χ4n) is 1.67. The summed E-state index contributed by atoms with van der Waals surface area (Å²) in [6, 6.07) is 7.01. The number of pyridine rings is 1. The molecule has 1 aromatic heterocycles. The van der Waals surface area contributed by atoms with Gasteiger partial charge in [-0.25, -0.2) is 13.6 Å². The SMILES string of the molecule is NS(=O)(=O)c1cc(Cl)c(NC(=O)CSc2cccc[n+]2[O-])c(Cl)c1. The van der Waals surface area contributed by atoms with Gasteiger partial charge < -0.3 is 10.5 Å². The van der Waals surface area contributed by atoms with Crippen LogP contribution in [0.3, 0.4) is 0 Å². The van der Waals surface area contributed by atoms with Crippen LogP contribution >= 0.6 is 35.0 Å². The fraction of sp³-hybridized carbons (Fsp3) is 0.0769. The highest BCUT2D eigenvalue weighted by Crippen LogP contribution is 2.33. The molecule has 3 N–H and O–H groups in total. The third kappa shape index (κ3) is 4.74. The van der Waals surface area contributed by atoms with Gasteiger partial charge in [0.15, 0.2) is 6.20 Å². The Hall–Kier alpha value is -1.52. The number of nitrogens with two attached hydrogens (primary N) is 1. The molecule has 2 aromatic rings. The van der Waals surface area contributed by atoms with Crippen LogP contribution in [-0.4, -0.2) is 20.1 Å². The minimum atomic E-state index is -3.97. The number of primary sulfonamides is 1. The van der Waals surface area contributed by atoms with Crippen molar-refractivity contribution in [1.82, 2.24) is 0 Å². The Bertz CT molecular complexity index is 868. The predicted octanol–water partition coefficient (Wildman–Crippen LogP) is 2.01. The quantitative estimate of drug-likeness (QED) is 0.446. The van der Waals surface area contributed by atoms with Gasteiger partial charge in [-0.2, -0.15) is 4.73 Å². The Labute approximate surface area is 152 Å². The van der Waals surface area contributed by atoms with E-state index in [9.17, 15) is 18.4 Å². The van der Waals surface area contributed by atoms with Crippen LogP contribution in [0, 0.1) is 5.21 Å². The number of anilines is 1. The number of aromatic nitrogens is 1. The Morgan fingerprint density at radius 1 is 1.29 bits per heavy atom. The summed E-state index contributed by atoms with van der Waals surface area (Å²) in [6.07, 6.45) is 1.32. The normalized spacial score (nSPS) is 11.3. The molecule has 1 amide bonds. The van der Waals surface area contributed by atoms with Gasteiger partial charge >= 0.3 is 0 Å². The predicted molar refractivity (Wildman–Crippen MR) is 92.6 cm³/mol. The number of thioether (sulfide) groups is 1. The van der Waals surface area contributed by atoms with Gasteiger partial charge in [-0.3, -0.25) is 4.79 Å². The number of carbonyl (C=O) groups excluding carboxylic acids is 1. The van der Waals surface area contributed by atoms with E-state index in [1.165, 1.54) is 6.20 Å². The highest BCUT2D eigenvalue weighted by Gasteiger charge is 2.17. The second kappa shape index (κ2) is 7.58. The molecule has 0 unspecified atom stereocenters. The number of nitrogens with zero attached hydrogens (tertiary/aromatic N) is 1. The highest BCUT2D eigenvalue weighted by atomic mass is 35.5. The molecule has 0 saturated heterocycles. The molecular formula is C13H11Cl2N3O4S2. The summed E-state index contributed by atoms with van der Waals surface area (Å²) in [5.41, 5.74) is 0.0689. The molecule has 7 nitrogen and oxygen atoms in total. The van der Waals surface area contributed by atoms with Crippen molar-refractivity contribution < 1.29 is 17.9 Å². The van der Waals surface area contributed by atoms with Crippen LogP contribution in [0.25, 0.3) is 0 Å². The number of sulfonamides is 1. The standard InChI is InChI=1S/C13H11Cl2N3O4S2/c14-9-5-8(24(16,21)22)6-10(15)13(9)17-11(19)7-23-12-3-1-2-4-18(12)20/h1-6H,7H2,(H,17,19)(H2,16,21,22). The average molecular weight is 408 g/mol. The largest absolute Gasteiger partial charge is 0.618 e. The van der Waals surface area contributed by atoms with Crippen LogP contribution in [-0.2, 0) is 14.8 Å². The lowest BCUT2D eigenvalue weighted by Crippen LogP contribution is -2.28. The highest BCUT2D eigenvalue weighted by molar-refractivity contribution is 7.99. The minimum Gasteiger partial charge on any atom is -0.618 e. The molecule has 0 saturated carbocycles. The average Bonchev–Trinajstić information content (AvgIpc) is 2.49. The van der Waals surface area contributed by atoms with Crippen molar-refractivity contribution in [2.24, 2.45) is 5.14 Å². The first-order valence-electron chi connectivity index (χ1n) is 6.31. The van der Waals surface area contributed by atoms with Gasteiger partial charge in [0.05, 0.1) is 26.4 Å². The van der Waals surface area contributed by atoms with E-state index in [1.54, 1.807) is 18.2 Å². The van der Waals surface area contributed by atoms with E-state index in [0.717, 1.165) is 23.9 Å². The number of benzene rings is 1. The smallest absolute Gasteiger partial charge is 0.251 e. The third-order valence-corrected chi connectivity index (χ3v) is 5.26. The number of nitrogens with one attached hydrogen (secondary N) is 1. The lowest BCUT2D eigenvalue weighted by molar-refractivity contribution is -0.645. The van der Waals surface area contributed by atoms with Crippen molar-refractivity contribution in [1.29, 1.82) is 0 Å². The van der Waals surface area contributed by atoms with Gasteiger partial charge in [-0.1, -0.05) is 23.2 Å². The van der Waals surface area contributed by atoms with Crippen molar-refractivity contribution >= 4 is 56.6 Å². The summed E-state index contributed by atoms with van der Waals surface area (Å²) >= 11 is 12.9. The van der Waals surface area contributed by atoms with Gasteiger partial charge in [0, 0.05) is 12.1 Å². The van der Waals surface area contributed by atoms with E-state index in [4.69, 9.17) is 28.3 Å². The molecule has 2 rings (SSSR count). The molecule has 0 atom stereocenters. The van der Waals surface area contributed by atoms with Gasteiger partial charge in [0.1, 0.15) is 0 Å². The zero-order valence-electron chi connectivity index (χ0n) is 11.9. The first kappa shape index (κ1) is 18.8. The van der Waals surface area contributed by atoms with Crippen molar-refractivity contribution in [3.63, 3.8) is 0 Å². The molecule has 0 aliphatic carbocycles. The molecule has 1 heterocycles. The molecule has 0 aliphatic heterocycles. The summed E-state index contributed by atoms with van der Waals surface area (Å²) in [5.74, 6) is -0.522. The Balaban J connectivity index is 2.11. The first-order chi connectivity index (χ1) is 11.2. The maximum atomic E-state index is 12.0. The first-order valence-corrected chi connectivity index (χ1v) is 9.60. The molecule has 0 fully saturated rings. The molecule has 11 heteroatoms. The summed E-state index contributed by atoms with van der Waals surface area (Å²) in [7, 11) is -3.97. The van der Waals surface area contributed by atoms with Gasteiger partial charge in [0.2, 0.25) is 15.9 Å². The summed E-state index contributed by atoms with van der Waals surface area (Å²) < 4.78 is 23.2. The lowest BCUT2D eigenvalue weighted by Gasteiger charge is -2.10. The van der Waals surface area contributed by atoms with Crippen molar-refractivity contribution in [2.75, 3.05) is 11.1 Å². The van der Waals surface area contributed by atoms with Crippen LogP contribution in [0.1, 0.15) is 0 Å². The summed E-state index contributed by atoms with van der Waals surface area (Å²) in [6.45, 7) is 0. The molecule has 24 heavy (non-hydrogen) atoms. The number of hydrogen-bond donors (Lipinski definition) is 2. The maximum Gasteiger partial charge on any atom is 0.251 e. The van der Waals surface area contributed by atoms with E-state index in [2.05, 4.69) is 5.32 Å². The molecular weight excluding hydrogens is 397 g/mol. The Morgan fingerprint density at radius 3 is 2.46 bits per heavy atom. The van der Waals surface area contributed by atoms with Crippen LogP contribution in [0.15, 0.2) is 46.5 Å².